The van der Waals surface area contributed by atoms with Gasteiger partial charge < -0.3 is 15.0 Å². The van der Waals surface area contributed by atoms with Crippen LogP contribution in [0.3, 0.4) is 0 Å². The van der Waals surface area contributed by atoms with Crippen molar-refractivity contribution in [1.82, 2.24) is 10.2 Å². The molecule has 0 bridgehead atoms. The molecule has 0 aliphatic heterocycles. The zero-order valence-electron chi connectivity index (χ0n) is 21.6. The molecule has 8 nitrogen and oxygen atoms in total. The van der Waals surface area contributed by atoms with Crippen molar-refractivity contribution in [2.75, 3.05) is 30.8 Å². The highest BCUT2D eigenvalue weighted by molar-refractivity contribution is 7.92. The number of hydrogen-bond acceptors (Lipinski definition) is 5. The summed E-state index contributed by atoms with van der Waals surface area (Å²) in [5.74, 6) is -0.493. The second kappa shape index (κ2) is 13.5. The van der Waals surface area contributed by atoms with E-state index < -0.39 is 28.5 Å². The number of unbranched alkanes of at least 4 members (excludes halogenated alkanes) is 1. The number of carbonyl (C=O) groups excluding carboxylic acids is 2. The van der Waals surface area contributed by atoms with E-state index in [1.807, 2.05) is 20.8 Å². The van der Waals surface area contributed by atoms with Gasteiger partial charge in [0.1, 0.15) is 18.3 Å². The molecule has 0 aliphatic rings. The third-order valence-corrected chi connectivity index (χ3v) is 7.29. The minimum Gasteiger partial charge on any atom is -0.495 e. The van der Waals surface area contributed by atoms with Gasteiger partial charge >= 0.3 is 0 Å². The summed E-state index contributed by atoms with van der Waals surface area (Å²) >= 11 is 6.37. The summed E-state index contributed by atoms with van der Waals surface area (Å²) in [7, 11) is -2.43. The van der Waals surface area contributed by atoms with E-state index in [0.717, 1.165) is 29.0 Å². The van der Waals surface area contributed by atoms with Crippen LogP contribution in [0.5, 0.6) is 5.75 Å². The smallest absolute Gasteiger partial charge is 0.244 e. The van der Waals surface area contributed by atoms with Gasteiger partial charge in [-0.3, -0.25) is 13.9 Å². The highest BCUT2D eigenvalue weighted by Gasteiger charge is 2.32. The van der Waals surface area contributed by atoms with Crippen molar-refractivity contribution in [3.63, 3.8) is 0 Å². The Bertz CT molecular complexity index is 1160. The zero-order valence-corrected chi connectivity index (χ0v) is 23.2. The van der Waals surface area contributed by atoms with E-state index in [1.165, 1.54) is 12.0 Å². The van der Waals surface area contributed by atoms with Gasteiger partial charge in [0.2, 0.25) is 21.8 Å². The fourth-order valence-electron chi connectivity index (χ4n) is 3.83. The van der Waals surface area contributed by atoms with Crippen molar-refractivity contribution in [1.29, 1.82) is 0 Å². The van der Waals surface area contributed by atoms with Crippen LogP contribution >= 0.6 is 11.6 Å². The number of halogens is 1. The largest absolute Gasteiger partial charge is 0.495 e. The molecule has 198 valence electrons. The van der Waals surface area contributed by atoms with Crippen LogP contribution in [0, 0.1) is 6.92 Å². The minimum absolute atomic E-state index is 0.0563. The highest BCUT2D eigenvalue weighted by Crippen LogP contribution is 2.31. The lowest BCUT2D eigenvalue weighted by atomic mass is 10.1. The summed E-state index contributed by atoms with van der Waals surface area (Å²) in [5, 5.41) is 3.35. The van der Waals surface area contributed by atoms with Crippen LogP contribution < -0.4 is 14.4 Å². The molecule has 1 N–H and O–H groups in total. The summed E-state index contributed by atoms with van der Waals surface area (Å²) in [4.78, 5) is 28.2. The second-order valence-corrected chi connectivity index (χ2v) is 10.9. The number of amides is 2. The van der Waals surface area contributed by atoms with Crippen LogP contribution in [0.2, 0.25) is 5.02 Å². The molecule has 0 saturated heterocycles. The quantitative estimate of drug-likeness (QED) is 0.387. The van der Waals surface area contributed by atoms with E-state index in [1.54, 1.807) is 42.5 Å². The van der Waals surface area contributed by atoms with Gasteiger partial charge in [-0.1, -0.05) is 56.1 Å². The Balaban J connectivity index is 2.49. The Morgan fingerprint density at radius 1 is 1.14 bits per heavy atom. The molecule has 0 saturated carbocycles. The van der Waals surface area contributed by atoms with Crippen LogP contribution in [0.1, 0.15) is 44.2 Å². The monoisotopic (exact) mass is 537 g/mol. The van der Waals surface area contributed by atoms with Gasteiger partial charge in [0.05, 0.1) is 19.1 Å². The van der Waals surface area contributed by atoms with Crippen molar-refractivity contribution >= 4 is 39.1 Å². The number of nitrogens with one attached hydrogen (secondary N) is 1. The Labute approximate surface area is 219 Å². The molecule has 0 radical (unpaired) electrons. The molecular weight excluding hydrogens is 502 g/mol. The summed E-state index contributed by atoms with van der Waals surface area (Å²) in [6.45, 7) is 5.71. The van der Waals surface area contributed by atoms with Gasteiger partial charge in [0, 0.05) is 18.1 Å². The van der Waals surface area contributed by atoms with Crippen molar-refractivity contribution in [3.05, 3.63) is 58.6 Å². The van der Waals surface area contributed by atoms with Crippen molar-refractivity contribution < 1.29 is 22.7 Å². The molecular formula is C26H36ClN3O5S. The number of nitrogens with zero attached hydrogens (tertiary/aromatic N) is 2. The number of sulfonamides is 1. The molecule has 0 unspecified atom stereocenters. The van der Waals surface area contributed by atoms with Crippen LogP contribution in [-0.4, -0.2) is 57.6 Å². The third-order valence-electron chi connectivity index (χ3n) is 5.80. The first-order valence-corrected chi connectivity index (χ1v) is 14.2. The average molecular weight is 538 g/mol. The molecule has 36 heavy (non-hydrogen) atoms. The van der Waals surface area contributed by atoms with E-state index in [0.29, 0.717) is 29.3 Å². The number of anilines is 1. The molecule has 2 aromatic rings. The maximum atomic E-state index is 13.8. The topological polar surface area (TPSA) is 96.0 Å². The Morgan fingerprint density at radius 3 is 2.42 bits per heavy atom. The molecule has 0 fully saturated rings. The highest BCUT2D eigenvalue weighted by atomic mass is 35.5. The number of carbonyl (C=O) groups is 2. The van der Waals surface area contributed by atoms with E-state index in [2.05, 4.69) is 5.32 Å². The van der Waals surface area contributed by atoms with Crippen molar-refractivity contribution in [3.8, 4) is 5.75 Å². The van der Waals surface area contributed by atoms with Crippen molar-refractivity contribution in [2.45, 2.75) is 52.6 Å². The maximum absolute atomic E-state index is 13.8. The van der Waals surface area contributed by atoms with Gasteiger partial charge in [-0.15, -0.1) is 0 Å². The molecule has 2 aromatic carbocycles. The molecule has 0 aliphatic carbocycles. The normalized spacial score (nSPS) is 12.1. The lowest BCUT2D eigenvalue weighted by Crippen LogP contribution is -2.52. The van der Waals surface area contributed by atoms with Gasteiger partial charge in [-0.25, -0.2) is 8.42 Å². The number of hydrogen-bond donors (Lipinski definition) is 1. The standard InChI is InChI=1S/C26H36ClN3O5S/c1-6-8-15-28-26(32)22(7-2)29(17-20-11-9-10-12-21(20)27)25(31)18-30(36(5,33)34)23-16-19(3)13-14-24(23)35-4/h9-14,16,22H,6-8,15,17-18H2,1-5H3,(H,28,32)/t22-/m0/s1. The van der Waals surface area contributed by atoms with Crippen molar-refractivity contribution in [2.24, 2.45) is 0 Å². The molecule has 0 spiro atoms. The Morgan fingerprint density at radius 2 is 1.83 bits per heavy atom. The molecule has 2 amide bonds. The van der Waals surface area contributed by atoms with Crippen LogP contribution in [-0.2, 0) is 26.2 Å². The Hall–Kier alpha value is -2.78. The first-order valence-electron chi connectivity index (χ1n) is 12.0. The lowest BCUT2D eigenvalue weighted by Gasteiger charge is -2.33. The first-order chi connectivity index (χ1) is 17.0. The van der Waals surface area contributed by atoms with Gasteiger partial charge in [-0.2, -0.15) is 0 Å². The number of ether oxygens (including phenoxy) is 1. The summed E-state index contributed by atoms with van der Waals surface area (Å²) in [5.41, 5.74) is 1.72. The summed E-state index contributed by atoms with van der Waals surface area (Å²) in [6, 6.07) is 11.4. The van der Waals surface area contributed by atoms with E-state index >= 15 is 0 Å². The first kappa shape index (κ1) is 29.5. The van der Waals surface area contributed by atoms with Gasteiger partial charge in [-0.05, 0) is 49.1 Å². The SMILES string of the molecule is CCCCNC(=O)[C@H](CC)N(Cc1ccccc1Cl)C(=O)CN(c1cc(C)ccc1OC)S(C)(=O)=O. The molecule has 10 heteroatoms. The predicted octanol–water partition coefficient (Wildman–Crippen LogP) is 4.15. The van der Waals surface area contributed by atoms with Crippen LogP contribution in [0.25, 0.3) is 0 Å². The second-order valence-electron chi connectivity index (χ2n) is 8.63. The molecule has 0 heterocycles. The fourth-order valence-corrected chi connectivity index (χ4v) is 4.87. The zero-order chi connectivity index (χ0) is 26.9. The summed E-state index contributed by atoms with van der Waals surface area (Å²) < 4.78 is 32.1. The lowest BCUT2D eigenvalue weighted by molar-refractivity contribution is -0.140. The molecule has 0 aromatic heterocycles. The maximum Gasteiger partial charge on any atom is 0.244 e. The Kier molecular flexibility index (Phi) is 11.0. The summed E-state index contributed by atoms with van der Waals surface area (Å²) in [6.07, 6.45) is 3.12. The number of methoxy groups -OCH3 is 1. The number of benzene rings is 2. The average Bonchev–Trinajstić information content (AvgIpc) is 2.82. The van der Waals surface area contributed by atoms with Crippen LogP contribution in [0.4, 0.5) is 5.69 Å². The van der Waals surface area contributed by atoms with E-state index in [-0.39, 0.29) is 18.1 Å². The minimum atomic E-state index is -3.87. The van der Waals surface area contributed by atoms with E-state index in [4.69, 9.17) is 16.3 Å². The number of rotatable bonds is 13. The van der Waals surface area contributed by atoms with Gasteiger partial charge in [0.25, 0.3) is 0 Å². The molecule has 1 atom stereocenters. The van der Waals surface area contributed by atoms with Crippen LogP contribution in [0.15, 0.2) is 42.5 Å². The fraction of sp³-hybridized carbons (Fsp3) is 0.462. The third kappa shape index (κ3) is 7.86. The van der Waals surface area contributed by atoms with Gasteiger partial charge in [0.15, 0.2) is 0 Å². The number of aryl methyl sites for hydroxylation is 1. The predicted molar refractivity (Wildman–Crippen MR) is 144 cm³/mol. The van der Waals surface area contributed by atoms with E-state index in [9.17, 15) is 18.0 Å². The molecule has 2 rings (SSSR count).